The number of ether oxygens (including phenoxy) is 2. The summed E-state index contributed by atoms with van der Waals surface area (Å²) in [7, 11) is 2.75. The van der Waals surface area contributed by atoms with E-state index in [-0.39, 0.29) is 22.3 Å². The molecule has 0 N–H and O–H groups in total. The van der Waals surface area contributed by atoms with Gasteiger partial charge in [0.1, 0.15) is 0 Å². The molecule has 0 amide bonds. The Morgan fingerprint density at radius 1 is 1.05 bits per heavy atom. The van der Waals surface area contributed by atoms with Crippen LogP contribution in [0.2, 0.25) is 0 Å². The number of halogens is 3. The van der Waals surface area contributed by atoms with Crippen LogP contribution in [0.5, 0.6) is 11.5 Å². The summed E-state index contributed by atoms with van der Waals surface area (Å²) < 4.78 is 51.0. The van der Waals surface area contributed by atoms with E-state index in [1.165, 1.54) is 30.9 Å². The molecule has 0 aliphatic rings. The molecule has 0 bridgehead atoms. The second kappa shape index (κ2) is 4.47. The number of rotatable bonds is 2. The van der Waals surface area contributed by atoms with Gasteiger partial charge >= 0.3 is 6.18 Å². The predicted octanol–water partition coefficient (Wildman–Crippen LogP) is 2.31. The third kappa shape index (κ3) is 2.01. The highest BCUT2D eigenvalue weighted by atomic mass is 19.4. The zero-order valence-electron chi connectivity index (χ0n) is 11.0. The first-order valence-electron chi connectivity index (χ1n) is 5.79. The molecule has 6 nitrogen and oxygen atoms in total. The van der Waals surface area contributed by atoms with Crippen LogP contribution in [0.4, 0.5) is 13.2 Å². The van der Waals surface area contributed by atoms with E-state index in [9.17, 15) is 13.2 Å². The van der Waals surface area contributed by atoms with Crippen molar-refractivity contribution in [3.05, 3.63) is 23.8 Å². The van der Waals surface area contributed by atoms with Gasteiger partial charge in [0, 0.05) is 11.5 Å². The van der Waals surface area contributed by atoms with Crippen molar-refractivity contribution >= 4 is 16.6 Å². The van der Waals surface area contributed by atoms with Crippen LogP contribution in [0.25, 0.3) is 16.6 Å². The first kappa shape index (κ1) is 13.4. The lowest BCUT2D eigenvalue weighted by molar-refractivity contribution is -0.136. The van der Waals surface area contributed by atoms with Crippen molar-refractivity contribution in [2.24, 2.45) is 0 Å². The van der Waals surface area contributed by atoms with Crippen molar-refractivity contribution in [3.8, 4) is 11.5 Å². The highest BCUT2D eigenvalue weighted by Gasteiger charge is 2.34. The van der Waals surface area contributed by atoms with Crippen LogP contribution in [-0.4, -0.2) is 34.3 Å². The lowest BCUT2D eigenvalue weighted by atomic mass is 10.1. The van der Waals surface area contributed by atoms with Crippen LogP contribution in [-0.2, 0) is 6.18 Å². The average molecular weight is 298 g/mol. The van der Waals surface area contributed by atoms with Crippen LogP contribution >= 0.6 is 0 Å². The molecule has 21 heavy (non-hydrogen) atoms. The fraction of sp³-hybridized carbons (Fsp3) is 0.250. The second-order valence-electron chi connectivity index (χ2n) is 4.23. The predicted molar refractivity (Wildman–Crippen MR) is 66.4 cm³/mol. The van der Waals surface area contributed by atoms with Crippen molar-refractivity contribution in [2.75, 3.05) is 14.2 Å². The molecule has 2 aromatic heterocycles. The Morgan fingerprint density at radius 3 is 2.33 bits per heavy atom. The molecule has 0 spiro atoms. The van der Waals surface area contributed by atoms with Gasteiger partial charge in [-0.25, -0.2) is 0 Å². The molecule has 0 radical (unpaired) electrons. The third-order valence-electron chi connectivity index (χ3n) is 3.09. The van der Waals surface area contributed by atoms with Crippen molar-refractivity contribution in [3.63, 3.8) is 0 Å². The molecular weight excluding hydrogens is 289 g/mol. The Hall–Kier alpha value is -2.58. The summed E-state index contributed by atoms with van der Waals surface area (Å²) in [5.74, 6) is 0.490. The number of hydrogen-bond donors (Lipinski definition) is 0. The first-order valence-corrected chi connectivity index (χ1v) is 5.79. The molecule has 110 valence electrons. The fourth-order valence-corrected chi connectivity index (χ4v) is 2.16. The summed E-state index contributed by atoms with van der Waals surface area (Å²) in [5, 5.41) is 10.6. The first-order chi connectivity index (χ1) is 9.95. The maximum atomic E-state index is 13.2. The van der Waals surface area contributed by atoms with E-state index in [1.807, 2.05) is 0 Å². The molecule has 0 unspecified atom stereocenters. The van der Waals surface area contributed by atoms with Gasteiger partial charge in [0.05, 0.1) is 25.3 Å². The van der Waals surface area contributed by atoms with E-state index in [4.69, 9.17) is 9.47 Å². The fourth-order valence-electron chi connectivity index (χ4n) is 2.16. The van der Waals surface area contributed by atoms with E-state index >= 15 is 0 Å². The Bertz CT molecular complexity index is 829. The van der Waals surface area contributed by atoms with Crippen LogP contribution in [0, 0.1) is 0 Å². The van der Waals surface area contributed by atoms with Gasteiger partial charge < -0.3 is 9.47 Å². The molecule has 9 heteroatoms. The smallest absolute Gasteiger partial charge is 0.417 e. The van der Waals surface area contributed by atoms with Crippen molar-refractivity contribution < 1.29 is 22.6 Å². The lowest BCUT2D eigenvalue weighted by Crippen LogP contribution is -2.08. The Balaban J connectivity index is 2.50. The van der Waals surface area contributed by atoms with E-state index in [0.717, 1.165) is 6.07 Å². The van der Waals surface area contributed by atoms with E-state index in [0.29, 0.717) is 5.75 Å². The maximum absolute atomic E-state index is 13.2. The van der Waals surface area contributed by atoms with E-state index in [2.05, 4.69) is 15.5 Å². The molecule has 0 saturated carbocycles. The summed E-state index contributed by atoms with van der Waals surface area (Å²) in [6, 6.07) is 3.57. The molecule has 0 atom stereocenters. The minimum atomic E-state index is -4.54. The van der Waals surface area contributed by atoms with Crippen LogP contribution in [0.1, 0.15) is 5.56 Å². The van der Waals surface area contributed by atoms with Crippen LogP contribution in [0.15, 0.2) is 18.2 Å². The van der Waals surface area contributed by atoms with Crippen LogP contribution in [0.3, 0.4) is 0 Å². The Morgan fingerprint density at radius 2 is 1.71 bits per heavy atom. The summed E-state index contributed by atoms with van der Waals surface area (Å²) in [4.78, 5) is 0. The van der Waals surface area contributed by atoms with Crippen molar-refractivity contribution in [1.82, 2.24) is 20.0 Å². The maximum Gasteiger partial charge on any atom is 0.417 e. The molecule has 2 heterocycles. The molecule has 0 saturated heterocycles. The van der Waals surface area contributed by atoms with Gasteiger partial charge in [-0.3, -0.25) is 0 Å². The van der Waals surface area contributed by atoms with Crippen molar-refractivity contribution in [1.29, 1.82) is 0 Å². The molecule has 3 rings (SSSR count). The highest BCUT2D eigenvalue weighted by molar-refractivity contribution is 5.88. The zero-order valence-corrected chi connectivity index (χ0v) is 11.0. The summed E-state index contributed by atoms with van der Waals surface area (Å²) >= 11 is 0. The topological polar surface area (TPSA) is 61.5 Å². The minimum Gasteiger partial charge on any atom is -0.493 e. The molecule has 0 aliphatic carbocycles. The molecule has 0 fully saturated rings. The van der Waals surface area contributed by atoms with Gasteiger partial charge in [-0.2, -0.15) is 17.7 Å². The number of tetrazole rings is 1. The summed E-state index contributed by atoms with van der Waals surface area (Å²) in [5.41, 5.74) is -0.648. The number of fused-ring (bicyclic) bond motifs is 3. The quantitative estimate of drug-likeness (QED) is 0.726. The third-order valence-corrected chi connectivity index (χ3v) is 3.09. The zero-order chi connectivity index (χ0) is 15.2. The largest absolute Gasteiger partial charge is 0.493 e. The normalized spacial score (nSPS) is 12.0. The number of alkyl halides is 3. The Kier molecular flexibility index (Phi) is 2.85. The lowest BCUT2D eigenvalue weighted by Gasteiger charge is -2.14. The number of methoxy groups -OCH3 is 2. The van der Waals surface area contributed by atoms with Gasteiger partial charge in [-0.05, 0) is 22.6 Å². The van der Waals surface area contributed by atoms with Gasteiger partial charge in [-0.15, -0.1) is 5.10 Å². The number of hydrogen-bond acceptors (Lipinski definition) is 5. The van der Waals surface area contributed by atoms with Gasteiger partial charge in [-0.1, -0.05) is 0 Å². The van der Waals surface area contributed by atoms with E-state index < -0.39 is 11.7 Å². The standard InChI is InChI=1S/C12H9F3N4O2/c1-20-9-3-6-7(12(13,14)15)4-11-16-17-18-19(11)8(6)5-10(9)21-2/h3-5H,1-2H3. The summed E-state index contributed by atoms with van der Waals surface area (Å²) in [6.07, 6.45) is -4.54. The molecular formula is C12H9F3N4O2. The molecule has 3 aromatic rings. The number of benzene rings is 1. The minimum absolute atomic E-state index is 0.00189. The number of nitrogens with zero attached hydrogens (tertiary/aromatic N) is 4. The number of pyridine rings is 1. The van der Waals surface area contributed by atoms with E-state index in [1.54, 1.807) is 0 Å². The monoisotopic (exact) mass is 298 g/mol. The van der Waals surface area contributed by atoms with Gasteiger partial charge in [0.2, 0.25) is 0 Å². The Labute approximate surface area is 116 Å². The van der Waals surface area contributed by atoms with Gasteiger partial charge in [0.15, 0.2) is 17.1 Å². The molecule has 0 aliphatic heterocycles. The van der Waals surface area contributed by atoms with Crippen molar-refractivity contribution in [2.45, 2.75) is 6.18 Å². The van der Waals surface area contributed by atoms with Gasteiger partial charge in [0.25, 0.3) is 0 Å². The number of aromatic nitrogens is 4. The second-order valence-corrected chi connectivity index (χ2v) is 4.23. The SMILES string of the molecule is COc1cc2c(C(F)(F)F)cc3nnnn3c2cc1OC. The molecule has 1 aromatic carbocycles. The summed E-state index contributed by atoms with van der Waals surface area (Å²) in [6.45, 7) is 0. The van der Waals surface area contributed by atoms with Crippen LogP contribution < -0.4 is 9.47 Å². The highest BCUT2D eigenvalue weighted by Crippen LogP contribution is 2.39. The average Bonchev–Trinajstić information content (AvgIpc) is 2.92.